The molecule has 0 unspecified atom stereocenters. The lowest BCUT2D eigenvalue weighted by Crippen LogP contribution is -2.38. The maximum absolute atomic E-state index is 12.0. The molecule has 2 saturated heterocycles. The molecule has 3 rings (SSSR count). The average molecular weight is 454 g/mol. The van der Waals surface area contributed by atoms with Crippen LogP contribution in [0.15, 0.2) is 27.7 Å². The molecule has 130 valence electrons. The maximum Gasteiger partial charge on any atom is 0.274 e. The van der Waals surface area contributed by atoms with Crippen molar-refractivity contribution in [1.82, 2.24) is 0 Å². The minimum atomic E-state index is -3.11. The van der Waals surface area contributed by atoms with Crippen molar-refractivity contribution in [1.29, 1.82) is 0 Å². The average Bonchev–Trinajstić information content (AvgIpc) is 2.91. The van der Waals surface area contributed by atoms with Crippen molar-refractivity contribution in [2.45, 2.75) is 11.3 Å². The maximum atomic E-state index is 12.0. The first-order chi connectivity index (χ1) is 11.3. The third kappa shape index (κ3) is 3.65. The number of halogens is 2. The van der Waals surface area contributed by atoms with Crippen molar-refractivity contribution in [2.24, 2.45) is 4.99 Å². The molecule has 0 radical (unpaired) electrons. The Morgan fingerprint density at radius 1 is 1.50 bits per heavy atom. The lowest BCUT2D eigenvalue weighted by Gasteiger charge is -2.25. The number of amidine groups is 1. The van der Waals surface area contributed by atoms with E-state index in [9.17, 15) is 13.2 Å². The zero-order chi connectivity index (χ0) is 17.5. The Labute approximate surface area is 157 Å². The van der Waals surface area contributed by atoms with Crippen LogP contribution < -0.4 is 4.90 Å². The summed E-state index contributed by atoms with van der Waals surface area (Å²) in [6.07, 6.45) is 0. The SMILES string of the molecule is COCC(=O)N=C1S[C@H]2CS(=O)(=O)C[C@@H]2N1c1ccc(Br)cc1Cl. The van der Waals surface area contributed by atoms with Gasteiger partial charge in [0.25, 0.3) is 5.91 Å². The number of carbonyl (C=O) groups excluding carboxylic acids is 1. The van der Waals surface area contributed by atoms with Gasteiger partial charge in [-0.2, -0.15) is 4.99 Å². The molecule has 0 aliphatic carbocycles. The first-order valence-corrected chi connectivity index (χ1v) is 10.9. The molecule has 1 amide bonds. The van der Waals surface area contributed by atoms with E-state index in [1.165, 1.54) is 18.9 Å². The highest BCUT2D eigenvalue weighted by Gasteiger charge is 2.49. The number of thioether (sulfide) groups is 1. The number of methoxy groups -OCH3 is 1. The van der Waals surface area contributed by atoms with Crippen LogP contribution in [0.2, 0.25) is 5.02 Å². The second-order valence-corrected chi connectivity index (χ2v) is 10.2. The number of amides is 1. The summed E-state index contributed by atoms with van der Waals surface area (Å²) in [7, 11) is -1.69. The van der Waals surface area contributed by atoms with Crippen LogP contribution in [-0.2, 0) is 19.4 Å². The molecule has 2 aliphatic heterocycles. The fourth-order valence-electron chi connectivity index (χ4n) is 2.79. The molecule has 2 aliphatic rings. The minimum absolute atomic E-state index is 0.0224. The van der Waals surface area contributed by atoms with Crippen molar-refractivity contribution >= 4 is 65.9 Å². The third-order valence-electron chi connectivity index (χ3n) is 3.72. The van der Waals surface area contributed by atoms with E-state index in [0.717, 1.165) is 4.47 Å². The topological polar surface area (TPSA) is 76.0 Å². The normalized spacial score (nSPS) is 26.8. The molecule has 0 spiro atoms. The Bertz CT molecular complexity index is 815. The summed E-state index contributed by atoms with van der Waals surface area (Å²) < 4.78 is 29.6. The van der Waals surface area contributed by atoms with Gasteiger partial charge >= 0.3 is 0 Å². The Morgan fingerprint density at radius 3 is 2.92 bits per heavy atom. The Morgan fingerprint density at radius 2 is 2.25 bits per heavy atom. The summed E-state index contributed by atoms with van der Waals surface area (Å²) in [5.74, 6) is -0.319. The van der Waals surface area contributed by atoms with Crippen molar-refractivity contribution in [3.63, 3.8) is 0 Å². The lowest BCUT2D eigenvalue weighted by molar-refractivity contribution is -0.121. The van der Waals surface area contributed by atoms with Gasteiger partial charge in [-0.1, -0.05) is 39.3 Å². The first-order valence-electron chi connectivity index (χ1n) is 7.02. The quantitative estimate of drug-likeness (QED) is 0.699. The largest absolute Gasteiger partial charge is 0.375 e. The van der Waals surface area contributed by atoms with Gasteiger partial charge in [0.1, 0.15) is 6.61 Å². The van der Waals surface area contributed by atoms with Gasteiger partial charge in [-0.3, -0.25) is 4.79 Å². The van der Waals surface area contributed by atoms with Gasteiger partial charge in [0.15, 0.2) is 15.0 Å². The predicted molar refractivity (Wildman–Crippen MR) is 99.8 cm³/mol. The van der Waals surface area contributed by atoms with Gasteiger partial charge in [-0.15, -0.1) is 0 Å². The van der Waals surface area contributed by atoms with E-state index in [2.05, 4.69) is 20.9 Å². The van der Waals surface area contributed by atoms with Crippen LogP contribution in [-0.4, -0.2) is 56.0 Å². The van der Waals surface area contributed by atoms with Gasteiger partial charge in [-0.05, 0) is 18.2 Å². The molecule has 6 nitrogen and oxygen atoms in total. The third-order valence-corrected chi connectivity index (χ3v) is 7.73. The number of hydrogen-bond acceptors (Lipinski definition) is 5. The van der Waals surface area contributed by atoms with E-state index in [1.807, 2.05) is 6.07 Å². The van der Waals surface area contributed by atoms with Crippen LogP contribution >= 0.6 is 39.3 Å². The van der Waals surface area contributed by atoms with Crippen LogP contribution in [0.25, 0.3) is 0 Å². The van der Waals surface area contributed by atoms with Gasteiger partial charge < -0.3 is 9.64 Å². The molecule has 0 bridgehead atoms. The molecular weight excluding hydrogens is 440 g/mol. The zero-order valence-electron chi connectivity index (χ0n) is 12.6. The Hall–Kier alpha value is -0.610. The Balaban J connectivity index is 2.03. The second-order valence-electron chi connectivity index (χ2n) is 5.49. The number of nitrogens with zero attached hydrogens (tertiary/aromatic N) is 2. The number of fused-ring (bicyclic) bond motifs is 1. The molecule has 0 N–H and O–H groups in total. The Kier molecular flexibility index (Phi) is 5.27. The number of anilines is 1. The summed E-state index contributed by atoms with van der Waals surface area (Å²) in [5, 5.41) is 0.761. The molecule has 24 heavy (non-hydrogen) atoms. The summed E-state index contributed by atoms with van der Waals surface area (Å²) in [4.78, 5) is 17.7. The number of aliphatic imine (C=N–C) groups is 1. The van der Waals surface area contributed by atoms with E-state index < -0.39 is 15.7 Å². The zero-order valence-corrected chi connectivity index (χ0v) is 16.6. The van der Waals surface area contributed by atoms with Crippen LogP contribution in [0.5, 0.6) is 0 Å². The van der Waals surface area contributed by atoms with Crippen LogP contribution in [0.3, 0.4) is 0 Å². The van der Waals surface area contributed by atoms with Crippen molar-refractivity contribution in [3.8, 4) is 0 Å². The molecule has 2 fully saturated rings. The standard InChI is InChI=1S/C14H14BrClN2O4S2/c1-22-5-13(19)17-14-18(10-3-2-8(15)4-9(10)16)11-6-24(20,21)7-12(11)23-14/h2-4,11-12H,5-7H2,1H3/t11-,12-/m0/s1. The number of sulfone groups is 1. The minimum Gasteiger partial charge on any atom is -0.375 e. The molecule has 0 aromatic heterocycles. The van der Waals surface area contributed by atoms with Crippen molar-refractivity contribution < 1.29 is 17.9 Å². The number of benzene rings is 1. The summed E-state index contributed by atoms with van der Waals surface area (Å²) >= 11 is 11.0. The predicted octanol–water partition coefficient (Wildman–Crippen LogP) is 2.35. The number of ether oxygens (including phenoxy) is 1. The molecule has 10 heteroatoms. The molecule has 1 aromatic carbocycles. The van der Waals surface area contributed by atoms with Crippen LogP contribution in [0, 0.1) is 0 Å². The first kappa shape index (κ1) is 18.2. The summed E-state index contributed by atoms with van der Waals surface area (Å²) in [6.45, 7) is -0.125. The fraction of sp³-hybridized carbons (Fsp3) is 0.429. The molecule has 0 saturated carbocycles. The highest BCUT2D eigenvalue weighted by molar-refractivity contribution is 9.10. The molecule has 1 aromatic rings. The summed E-state index contributed by atoms with van der Waals surface area (Å²) in [6, 6.07) is 5.05. The molecule has 2 heterocycles. The second kappa shape index (κ2) is 6.95. The highest BCUT2D eigenvalue weighted by atomic mass is 79.9. The van der Waals surface area contributed by atoms with Crippen molar-refractivity contribution in [2.75, 3.05) is 30.1 Å². The van der Waals surface area contributed by atoms with Gasteiger partial charge in [-0.25, -0.2) is 8.42 Å². The van der Waals surface area contributed by atoms with E-state index in [1.54, 1.807) is 17.0 Å². The highest BCUT2D eigenvalue weighted by Crippen LogP contribution is 2.43. The van der Waals surface area contributed by atoms with Crippen LogP contribution in [0.4, 0.5) is 5.69 Å². The number of carbonyl (C=O) groups is 1. The molecule has 2 atom stereocenters. The smallest absolute Gasteiger partial charge is 0.274 e. The van der Waals surface area contributed by atoms with Crippen LogP contribution in [0.1, 0.15) is 0 Å². The summed E-state index contributed by atoms with van der Waals surface area (Å²) in [5.41, 5.74) is 0.640. The van der Waals surface area contributed by atoms with Gasteiger partial charge in [0.05, 0.1) is 28.3 Å². The van der Waals surface area contributed by atoms with Crippen molar-refractivity contribution in [3.05, 3.63) is 27.7 Å². The van der Waals surface area contributed by atoms with Gasteiger partial charge in [0, 0.05) is 16.8 Å². The van der Waals surface area contributed by atoms with E-state index in [4.69, 9.17) is 16.3 Å². The van der Waals surface area contributed by atoms with E-state index in [0.29, 0.717) is 15.9 Å². The number of rotatable bonds is 3. The fourth-order valence-corrected chi connectivity index (χ4v) is 7.47. The number of hydrogen-bond donors (Lipinski definition) is 0. The van der Waals surface area contributed by atoms with E-state index in [-0.39, 0.29) is 29.4 Å². The van der Waals surface area contributed by atoms with E-state index >= 15 is 0 Å². The molecular formula is C14H14BrClN2O4S2. The lowest BCUT2D eigenvalue weighted by atomic mass is 10.2. The van der Waals surface area contributed by atoms with Gasteiger partial charge in [0.2, 0.25) is 0 Å². The monoisotopic (exact) mass is 452 g/mol.